The number of benzene rings is 1. The minimum atomic E-state index is -0.492. The number of aromatic amines is 1. The molecule has 6 heteroatoms. The highest BCUT2D eigenvalue weighted by molar-refractivity contribution is 7.98. The van der Waals surface area contributed by atoms with Gasteiger partial charge in [0, 0.05) is 35.7 Å². The van der Waals surface area contributed by atoms with Gasteiger partial charge in [0.05, 0.1) is 6.20 Å². The van der Waals surface area contributed by atoms with Gasteiger partial charge in [0.15, 0.2) is 6.10 Å². The van der Waals surface area contributed by atoms with E-state index in [9.17, 15) is 4.79 Å². The van der Waals surface area contributed by atoms with Crippen LogP contribution in [-0.4, -0.2) is 39.9 Å². The Labute approximate surface area is 134 Å². The van der Waals surface area contributed by atoms with E-state index in [4.69, 9.17) is 4.74 Å². The zero-order valence-electron chi connectivity index (χ0n) is 12.7. The molecule has 2 aromatic rings. The topological polar surface area (TPSA) is 58.2 Å². The zero-order valence-corrected chi connectivity index (χ0v) is 13.5. The summed E-state index contributed by atoms with van der Waals surface area (Å²) in [5.41, 5.74) is 2.22. The molecule has 1 aromatic carbocycles. The molecule has 5 nitrogen and oxygen atoms in total. The third-order valence-corrected chi connectivity index (χ3v) is 4.58. The minimum Gasteiger partial charge on any atom is -0.481 e. The Hall–Kier alpha value is -1.95. The fourth-order valence-corrected chi connectivity index (χ4v) is 2.98. The van der Waals surface area contributed by atoms with E-state index >= 15 is 0 Å². The molecular formula is C16H19N3O2S. The van der Waals surface area contributed by atoms with Gasteiger partial charge < -0.3 is 9.64 Å². The molecular weight excluding hydrogens is 298 g/mol. The first-order valence-electron chi connectivity index (χ1n) is 7.28. The lowest BCUT2D eigenvalue weighted by Crippen LogP contribution is -2.43. The van der Waals surface area contributed by atoms with E-state index in [0.29, 0.717) is 13.1 Å². The predicted octanol–water partition coefficient (Wildman–Crippen LogP) is 2.48. The van der Waals surface area contributed by atoms with Crippen LogP contribution in [0.2, 0.25) is 0 Å². The molecule has 2 heterocycles. The van der Waals surface area contributed by atoms with E-state index in [-0.39, 0.29) is 5.91 Å². The van der Waals surface area contributed by atoms with E-state index in [1.54, 1.807) is 24.9 Å². The van der Waals surface area contributed by atoms with E-state index in [2.05, 4.69) is 10.2 Å². The highest BCUT2D eigenvalue weighted by atomic mass is 32.2. The average molecular weight is 317 g/mol. The molecule has 1 unspecified atom stereocenters. The maximum Gasteiger partial charge on any atom is 0.263 e. The fraction of sp³-hybridized carbons (Fsp3) is 0.375. The Morgan fingerprint density at radius 3 is 2.91 bits per heavy atom. The van der Waals surface area contributed by atoms with Crippen LogP contribution in [0.25, 0.3) is 0 Å². The molecule has 0 fully saturated rings. The van der Waals surface area contributed by atoms with Gasteiger partial charge in [0.2, 0.25) is 0 Å². The van der Waals surface area contributed by atoms with Crippen LogP contribution in [0, 0.1) is 0 Å². The van der Waals surface area contributed by atoms with Gasteiger partial charge in [-0.3, -0.25) is 9.89 Å². The number of rotatable bonds is 4. The number of H-pyrrole nitrogens is 1. The van der Waals surface area contributed by atoms with E-state index in [1.807, 2.05) is 35.4 Å². The summed E-state index contributed by atoms with van der Waals surface area (Å²) in [4.78, 5) is 15.5. The van der Waals surface area contributed by atoms with Gasteiger partial charge in [0.1, 0.15) is 5.75 Å². The van der Waals surface area contributed by atoms with Crippen LogP contribution in [0.3, 0.4) is 0 Å². The van der Waals surface area contributed by atoms with Crippen molar-refractivity contribution in [2.45, 2.75) is 30.9 Å². The Balaban J connectivity index is 1.62. The molecule has 22 heavy (non-hydrogen) atoms. The van der Waals surface area contributed by atoms with Crippen LogP contribution in [0.5, 0.6) is 5.75 Å². The number of carbonyl (C=O) groups is 1. The van der Waals surface area contributed by atoms with Crippen molar-refractivity contribution >= 4 is 17.7 Å². The molecule has 0 spiro atoms. The summed E-state index contributed by atoms with van der Waals surface area (Å²) in [5, 5.41) is 7.01. The van der Waals surface area contributed by atoms with Crippen molar-refractivity contribution in [3.05, 3.63) is 41.7 Å². The van der Waals surface area contributed by atoms with E-state index < -0.39 is 6.10 Å². The van der Waals surface area contributed by atoms with Crippen LogP contribution < -0.4 is 4.74 Å². The second-order valence-corrected chi connectivity index (χ2v) is 6.20. The number of fused-ring (bicyclic) bond motifs is 1. The number of nitrogens with zero attached hydrogens (tertiary/aromatic N) is 2. The lowest BCUT2D eigenvalue weighted by molar-refractivity contribution is -0.138. The van der Waals surface area contributed by atoms with Gasteiger partial charge in [-0.05, 0) is 37.4 Å². The molecule has 1 aliphatic rings. The van der Waals surface area contributed by atoms with Gasteiger partial charge in [-0.15, -0.1) is 11.8 Å². The SMILES string of the molecule is CSc1ccc(OC(C)C(=O)N2CCc3[nH]ncc3C2)cc1. The molecule has 1 atom stereocenters. The highest BCUT2D eigenvalue weighted by Gasteiger charge is 2.26. The number of ether oxygens (including phenoxy) is 1. The molecule has 1 aromatic heterocycles. The molecule has 0 aliphatic carbocycles. The van der Waals surface area contributed by atoms with Crippen molar-refractivity contribution in [1.29, 1.82) is 0 Å². The fourth-order valence-electron chi connectivity index (χ4n) is 2.58. The van der Waals surface area contributed by atoms with E-state index in [1.165, 1.54) is 4.90 Å². The van der Waals surface area contributed by atoms with Crippen LogP contribution in [0.1, 0.15) is 18.2 Å². The van der Waals surface area contributed by atoms with Gasteiger partial charge in [0.25, 0.3) is 5.91 Å². The molecule has 1 aliphatic heterocycles. The van der Waals surface area contributed by atoms with Crippen molar-refractivity contribution in [2.75, 3.05) is 12.8 Å². The minimum absolute atomic E-state index is 0.0146. The summed E-state index contributed by atoms with van der Waals surface area (Å²) in [6.45, 7) is 3.10. The van der Waals surface area contributed by atoms with Crippen molar-refractivity contribution in [1.82, 2.24) is 15.1 Å². The van der Waals surface area contributed by atoms with Crippen molar-refractivity contribution < 1.29 is 9.53 Å². The average Bonchev–Trinajstić information content (AvgIpc) is 3.02. The first-order valence-corrected chi connectivity index (χ1v) is 8.50. The van der Waals surface area contributed by atoms with Crippen LogP contribution in [-0.2, 0) is 17.8 Å². The Kier molecular flexibility index (Phi) is 4.38. The maximum atomic E-state index is 12.5. The Morgan fingerprint density at radius 2 is 2.18 bits per heavy atom. The molecule has 0 radical (unpaired) electrons. The van der Waals surface area contributed by atoms with Gasteiger partial charge in [-0.2, -0.15) is 5.10 Å². The lowest BCUT2D eigenvalue weighted by Gasteiger charge is -2.29. The second-order valence-electron chi connectivity index (χ2n) is 5.32. The number of hydrogen-bond donors (Lipinski definition) is 1. The maximum absolute atomic E-state index is 12.5. The molecule has 0 saturated heterocycles. The summed E-state index contributed by atoms with van der Waals surface area (Å²) < 4.78 is 5.77. The van der Waals surface area contributed by atoms with Gasteiger partial charge >= 0.3 is 0 Å². The number of carbonyl (C=O) groups excluding carboxylic acids is 1. The van der Waals surface area contributed by atoms with Crippen molar-refractivity contribution in [3.8, 4) is 5.75 Å². The Bertz CT molecular complexity index is 654. The van der Waals surface area contributed by atoms with Crippen LogP contribution >= 0.6 is 11.8 Å². The highest BCUT2D eigenvalue weighted by Crippen LogP contribution is 2.21. The number of amides is 1. The second kappa shape index (κ2) is 6.44. The van der Waals surface area contributed by atoms with Gasteiger partial charge in [-0.25, -0.2) is 0 Å². The Morgan fingerprint density at radius 1 is 1.41 bits per heavy atom. The quantitative estimate of drug-likeness (QED) is 0.880. The number of hydrogen-bond acceptors (Lipinski definition) is 4. The van der Waals surface area contributed by atoms with Crippen molar-refractivity contribution in [3.63, 3.8) is 0 Å². The van der Waals surface area contributed by atoms with Crippen LogP contribution in [0.4, 0.5) is 0 Å². The summed E-state index contributed by atoms with van der Waals surface area (Å²) in [7, 11) is 0. The molecule has 0 saturated carbocycles. The normalized spacial score (nSPS) is 15.3. The third-order valence-electron chi connectivity index (χ3n) is 3.83. The monoisotopic (exact) mass is 317 g/mol. The number of thioether (sulfide) groups is 1. The number of nitrogens with one attached hydrogen (secondary N) is 1. The smallest absolute Gasteiger partial charge is 0.263 e. The first-order chi connectivity index (χ1) is 10.7. The molecule has 1 amide bonds. The molecule has 116 valence electrons. The van der Waals surface area contributed by atoms with Gasteiger partial charge in [-0.1, -0.05) is 0 Å². The summed E-state index contributed by atoms with van der Waals surface area (Å²) >= 11 is 1.68. The predicted molar refractivity (Wildman–Crippen MR) is 86.0 cm³/mol. The summed E-state index contributed by atoms with van der Waals surface area (Å²) in [5.74, 6) is 0.737. The molecule has 0 bridgehead atoms. The molecule has 1 N–H and O–H groups in total. The largest absolute Gasteiger partial charge is 0.481 e. The van der Waals surface area contributed by atoms with E-state index in [0.717, 1.165) is 23.4 Å². The first kappa shape index (κ1) is 15.0. The third kappa shape index (κ3) is 3.11. The summed E-state index contributed by atoms with van der Waals surface area (Å²) in [6, 6.07) is 7.80. The lowest BCUT2D eigenvalue weighted by atomic mass is 10.1. The number of aromatic nitrogens is 2. The summed E-state index contributed by atoms with van der Waals surface area (Å²) in [6.07, 6.45) is 4.15. The van der Waals surface area contributed by atoms with Crippen LogP contribution in [0.15, 0.2) is 35.4 Å². The molecule has 3 rings (SSSR count). The zero-order chi connectivity index (χ0) is 15.5. The van der Waals surface area contributed by atoms with Crippen molar-refractivity contribution in [2.24, 2.45) is 0 Å². The standard InChI is InChI=1S/C16H19N3O2S/c1-11(21-13-3-5-14(22-2)6-4-13)16(20)19-8-7-15-12(10-19)9-17-18-15/h3-6,9,11H,7-8,10H2,1-2H3,(H,17,18).